The molecule has 166 valence electrons. The SMILES string of the molecule is COc1ccc(CCNC(C)CNS(=O)(=O)c2ccc(Cl)c3ncccc23)cc1OC. The maximum atomic E-state index is 12.9. The molecule has 0 spiro atoms. The van der Waals surface area contributed by atoms with Crippen LogP contribution in [0.25, 0.3) is 10.9 Å². The first-order valence-corrected chi connectivity index (χ1v) is 11.7. The Bertz CT molecular complexity index is 1150. The molecule has 0 aliphatic carbocycles. The van der Waals surface area contributed by atoms with Gasteiger partial charge in [-0.05, 0) is 61.9 Å². The minimum atomic E-state index is -3.71. The van der Waals surface area contributed by atoms with Crippen molar-refractivity contribution in [3.63, 3.8) is 0 Å². The summed E-state index contributed by atoms with van der Waals surface area (Å²) in [6, 6.07) is 12.2. The molecule has 1 heterocycles. The fraction of sp³-hybridized carbons (Fsp3) is 0.318. The van der Waals surface area contributed by atoms with Gasteiger partial charge in [0.1, 0.15) is 0 Å². The van der Waals surface area contributed by atoms with Crippen LogP contribution in [-0.4, -0.2) is 46.8 Å². The van der Waals surface area contributed by atoms with Gasteiger partial charge < -0.3 is 14.8 Å². The molecule has 0 saturated carbocycles. The molecule has 0 amide bonds. The summed E-state index contributed by atoms with van der Waals surface area (Å²) in [5, 5.41) is 4.25. The summed E-state index contributed by atoms with van der Waals surface area (Å²) < 4.78 is 39.0. The van der Waals surface area contributed by atoms with E-state index in [4.69, 9.17) is 21.1 Å². The Morgan fingerprint density at radius 1 is 1.10 bits per heavy atom. The van der Waals surface area contributed by atoms with Crippen LogP contribution in [0.2, 0.25) is 5.02 Å². The van der Waals surface area contributed by atoms with Gasteiger partial charge in [0.05, 0.1) is 29.7 Å². The van der Waals surface area contributed by atoms with Crippen LogP contribution in [0.4, 0.5) is 0 Å². The summed E-state index contributed by atoms with van der Waals surface area (Å²) in [4.78, 5) is 4.35. The molecule has 3 aromatic rings. The van der Waals surface area contributed by atoms with Crippen LogP contribution in [0.15, 0.2) is 53.6 Å². The fourth-order valence-corrected chi connectivity index (χ4v) is 4.77. The smallest absolute Gasteiger partial charge is 0.241 e. The number of pyridine rings is 1. The molecule has 31 heavy (non-hydrogen) atoms. The number of hydrogen-bond acceptors (Lipinski definition) is 6. The summed E-state index contributed by atoms with van der Waals surface area (Å²) in [6.07, 6.45) is 2.35. The number of aromatic nitrogens is 1. The third kappa shape index (κ3) is 5.65. The van der Waals surface area contributed by atoms with E-state index in [1.807, 2.05) is 25.1 Å². The second-order valence-electron chi connectivity index (χ2n) is 7.09. The highest BCUT2D eigenvalue weighted by molar-refractivity contribution is 7.89. The zero-order chi connectivity index (χ0) is 22.4. The highest BCUT2D eigenvalue weighted by atomic mass is 35.5. The molecular weight excluding hydrogens is 438 g/mol. The molecule has 2 aromatic carbocycles. The lowest BCUT2D eigenvalue weighted by Crippen LogP contribution is -2.39. The largest absolute Gasteiger partial charge is 0.493 e. The van der Waals surface area contributed by atoms with Crippen molar-refractivity contribution in [1.29, 1.82) is 0 Å². The molecule has 0 radical (unpaired) electrons. The van der Waals surface area contributed by atoms with Crippen molar-refractivity contribution in [2.75, 3.05) is 27.3 Å². The quantitative estimate of drug-likeness (QED) is 0.479. The van der Waals surface area contributed by atoms with E-state index in [0.717, 1.165) is 12.0 Å². The molecule has 1 aromatic heterocycles. The molecule has 0 saturated heterocycles. The molecule has 7 nitrogen and oxygen atoms in total. The summed E-state index contributed by atoms with van der Waals surface area (Å²) in [7, 11) is -0.504. The van der Waals surface area contributed by atoms with Crippen molar-refractivity contribution in [3.8, 4) is 11.5 Å². The number of nitrogens with one attached hydrogen (secondary N) is 2. The van der Waals surface area contributed by atoms with Crippen molar-refractivity contribution in [2.24, 2.45) is 0 Å². The molecular formula is C22H26ClN3O4S. The highest BCUT2D eigenvalue weighted by Crippen LogP contribution is 2.28. The van der Waals surface area contributed by atoms with Gasteiger partial charge in [0.25, 0.3) is 0 Å². The van der Waals surface area contributed by atoms with Gasteiger partial charge in [-0.15, -0.1) is 0 Å². The second-order valence-corrected chi connectivity index (χ2v) is 9.23. The van der Waals surface area contributed by atoms with Crippen LogP contribution >= 0.6 is 11.6 Å². The van der Waals surface area contributed by atoms with Gasteiger partial charge in [-0.1, -0.05) is 17.7 Å². The van der Waals surface area contributed by atoms with Gasteiger partial charge in [0.2, 0.25) is 10.0 Å². The van der Waals surface area contributed by atoms with Gasteiger partial charge >= 0.3 is 0 Å². The van der Waals surface area contributed by atoms with Crippen LogP contribution in [0.3, 0.4) is 0 Å². The lowest BCUT2D eigenvalue weighted by atomic mass is 10.1. The first kappa shape index (κ1) is 23.3. The van der Waals surface area contributed by atoms with Crippen molar-refractivity contribution in [3.05, 3.63) is 59.2 Å². The average molecular weight is 464 g/mol. The van der Waals surface area contributed by atoms with E-state index in [1.165, 1.54) is 6.07 Å². The van der Waals surface area contributed by atoms with Gasteiger partial charge in [0.15, 0.2) is 11.5 Å². The predicted octanol–water partition coefficient (Wildman–Crippen LogP) is 3.40. The number of rotatable bonds is 10. The van der Waals surface area contributed by atoms with Gasteiger partial charge in [-0.25, -0.2) is 13.1 Å². The number of halogens is 1. The molecule has 0 bridgehead atoms. The Morgan fingerprint density at radius 3 is 2.61 bits per heavy atom. The number of sulfonamides is 1. The fourth-order valence-electron chi connectivity index (χ4n) is 3.23. The zero-order valence-electron chi connectivity index (χ0n) is 17.7. The van der Waals surface area contributed by atoms with E-state index in [-0.39, 0.29) is 17.5 Å². The Morgan fingerprint density at radius 2 is 1.87 bits per heavy atom. The number of fused-ring (bicyclic) bond motifs is 1. The second kappa shape index (κ2) is 10.3. The summed E-state index contributed by atoms with van der Waals surface area (Å²) in [6.45, 7) is 2.86. The topological polar surface area (TPSA) is 89.6 Å². The monoisotopic (exact) mass is 463 g/mol. The number of hydrogen-bond donors (Lipinski definition) is 2. The van der Waals surface area contributed by atoms with Crippen molar-refractivity contribution < 1.29 is 17.9 Å². The molecule has 0 aliphatic rings. The van der Waals surface area contributed by atoms with Crippen molar-refractivity contribution in [2.45, 2.75) is 24.3 Å². The van der Waals surface area contributed by atoms with Crippen molar-refractivity contribution in [1.82, 2.24) is 15.0 Å². The van der Waals surface area contributed by atoms with E-state index in [0.29, 0.717) is 34.0 Å². The maximum absolute atomic E-state index is 12.9. The van der Waals surface area contributed by atoms with Crippen LogP contribution in [-0.2, 0) is 16.4 Å². The third-order valence-electron chi connectivity index (χ3n) is 4.90. The van der Waals surface area contributed by atoms with Gasteiger partial charge in [-0.3, -0.25) is 4.98 Å². The Hall–Kier alpha value is -2.39. The Balaban J connectivity index is 1.57. The summed E-state index contributed by atoms with van der Waals surface area (Å²) in [5.41, 5.74) is 1.56. The molecule has 2 N–H and O–H groups in total. The van der Waals surface area contributed by atoms with E-state index in [2.05, 4.69) is 15.0 Å². The lowest BCUT2D eigenvalue weighted by Gasteiger charge is -2.16. The van der Waals surface area contributed by atoms with Crippen LogP contribution in [0.5, 0.6) is 11.5 Å². The van der Waals surface area contributed by atoms with E-state index < -0.39 is 10.0 Å². The Kier molecular flexibility index (Phi) is 7.72. The lowest BCUT2D eigenvalue weighted by molar-refractivity contribution is 0.354. The molecule has 0 fully saturated rings. The predicted molar refractivity (Wildman–Crippen MR) is 123 cm³/mol. The summed E-state index contributed by atoms with van der Waals surface area (Å²) in [5.74, 6) is 1.37. The summed E-state index contributed by atoms with van der Waals surface area (Å²) >= 11 is 6.15. The molecule has 1 atom stereocenters. The number of ether oxygens (including phenoxy) is 2. The number of benzene rings is 2. The van der Waals surface area contributed by atoms with Crippen molar-refractivity contribution >= 4 is 32.5 Å². The number of nitrogens with zero attached hydrogens (tertiary/aromatic N) is 1. The molecule has 1 unspecified atom stereocenters. The van der Waals surface area contributed by atoms with Gasteiger partial charge in [-0.2, -0.15) is 0 Å². The Labute approximate surface area is 187 Å². The van der Waals surface area contributed by atoms with E-state index in [1.54, 1.807) is 38.6 Å². The van der Waals surface area contributed by atoms with E-state index in [9.17, 15) is 8.42 Å². The first-order valence-electron chi connectivity index (χ1n) is 9.83. The van der Waals surface area contributed by atoms with Crippen LogP contribution in [0.1, 0.15) is 12.5 Å². The van der Waals surface area contributed by atoms with Gasteiger partial charge in [0, 0.05) is 24.2 Å². The average Bonchev–Trinajstić information content (AvgIpc) is 2.78. The normalized spacial score (nSPS) is 12.6. The standard InChI is InChI=1S/C22H26ClN3O4S/c1-15(24-12-10-16-6-8-19(29-2)20(13-16)30-3)14-26-31(27,28)21-9-7-18(23)22-17(21)5-4-11-25-22/h4-9,11,13,15,24,26H,10,12,14H2,1-3H3. The van der Waals surface area contributed by atoms with Crippen LogP contribution < -0.4 is 19.5 Å². The zero-order valence-corrected chi connectivity index (χ0v) is 19.3. The van der Waals surface area contributed by atoms with E-state index >= 15 is 0 Å². The minimum Gasteiger partial charge on any atom is -0.493 e. The third-order valence-corrected chi connectivity index (χ3v) is 6.69. The molecule has 9 heteroatoms. The van der Waals surface area contributed by atoms with Crippen LogP contribution in [0, 0.1) is 0 Å². The minimum absolute atomic E-state index is 0.0633. The molecule has 0 aliphatic heterocycles. The highest BCUT2D eigenvalue weighted by Gasteiger charge is 2.19. The first-order chi connectivity index (χ1) is 14.9. The maximum Gasteiger partial charge on any atom is 0.241 e. The molecule has 3 rings (SSSR count). The number of methoxy groups -OCH3 is 2.